The molecule has 0 aliphatic heterocycles. The molecule has 0 aromatic heterocycles. The fourth-order valence-corrected chi connectivity index (χ4v) is 3.95. The summed E-state index contributed by atoms with van der Waals surface area (Å²) in [6, 6.07) is 1.15. The molecular weight excluding hydrogens is 232 g/mol. The molecule has 0 spiro atoms. The maximum Gasteiger partial charge on any atom is 0.0250 e. The quantitative estimate of drug-likeness (QED) is 0.763. The molecule has 2 nitrogen and oxygen atoms in total. The zero-order valence-corrected chi connectivity index (χ0v) is 12.7. The van der Waals surface area contributed by atoms with Crippen molar-refractivity contribution in [2.24, 2.45) is 23.5 Å². The van der Waals surface area contributed by atoms with Crippen molar-refractivity contribution in [3.05, 3.63) is 0 Å². The third kappa shape index (κ3) is 3.95. The summed E-state index contributed by atoms with van der Waals surface area (Å²) >= 11 is 0. The maximum absolute atomic E-state index is 6.49. The lowest BCUT2D eigenvalue weighted by atomic mass is 9.79. The molecule has 0 aromatic rings. The Morgan fingerprint density at radius 3 is 2.00 bits per heavy atom. The summed E-state index contributed by atoms with van der Waals surface area (Å²) in [7, 11) is 0. The molecule has 3 atom stereocenters. The fourth-order valence-electron chi connectivity index (χ4n) is 3.95. The zero-order chi connectivity index (χ0) is 13.2. The van der Waals surface area contributed by atoms with Crippen LogP contribution < -0.4 is 5.73 Å². The average Bonchev–Trinajstić information content (AvgIpc) is 3.26. The molecule has 3 aliphatic rings. The Bertz CT molecular complexity index is 269. The van der Waals surface area contributed by atoms with Gasteiger partial charge in [0.05, 0.1) is 0 Å². The SMILES string of the molecule is CCCC1CCC(N)C(N(CC2CC2)CC2CC2)C1. The van der Waals surface area contributed by atoms with Crippen LogP contribution in [0.2, 0.25) is 0 Å². The predicted octanol–water partition coefficient (Wildman–Crippen LogP) is 3.40. The lowest BCUT2D eigenvalue weighted by molar-refractivity contribution is 0.0990. The van der Waals surface area contributed by atoms with E-state index in [0.717, 1.165) is 17.8 Å². The normalized spacial score (nSPS) is 35.8. The first kappa shape index (κ1) is 13.9. The van der Waals surface area contributed by atoms with Gasteiger partial charge in [0, 0.05) is 25.2 Å². The van der Waals surface area contributed by atoms with Crippen molar-refractivity contribution < 1.29 is 0 Å². The Morgan fingerprint density at radius 2 is 1.47 bits per heavy atom. The van der Waals surface area contributed by atoms with E-state index in [-0.39, 0.29) is 0 Å². The van der Waals surface area contributed by atoms with Gasteiger partial charge in [0.1, 0.15) is 0 Å². The molecule has 3 fully saturated rings. The minimum absolute atomic E-state index is 0.450. The molecule has 3 saturated carbocycles. The van der Waals surface area contributed by atoms with Gasteiger partial charge < -0.3 is 5.73 Å². The van der Waals surface area contributed by atoms with Crippen molar-refractivity contribution in [3.63, 3.8) is 0 Å². The molecule has 2 heteroatoms. The van der Waals surface area contributed by atoms with Gasteiger partial charge in [-0.1, -0.05) is 19.8 Å². The monoisotopic (exact) mass is 264 g/mol. The fraction of sp³-hybridized carbons (Fsp3) is 1.00. The lowest BCUT2D eigenvalue weighted by Gasteiger charge is -2.41. The van der Waals surface area contributed by atoms with E-state index in [1.165, 1.54) is 70.9 Å². The van der Waals surface area contributed by atoms with Crippen molar-refractivity contribution >= 4 is 0 Å². The molecule has 2 N–H and O–H groups in total. The molecule has 3 aliphatic carbocycles. The van der Waals surface area contributed by atoms with Gasteiger partial charge in [-0.3, -0.25) is 4.90 Å². The molecule has 110 valence electrons. The van der Waals surface area contributed by atoms with Crippen LogP contribution in [0.5, 0.6) is 0 Å². The number of hydrogen-bond acceptors (Lipinski definition) is 2. The standard InChI is InChI=1S/C17H32N2/c1-2-3-13-8-9-16(18)17(10-13)19(11-14-4-5-14)12-15-6-7-15/h13-17H,2-12,18H2,1H3. The van der Waals surface area contributed by atoms with Crippen LogP contribution in [-0.4, -0.2) is 30.1 Å². The van der Waals surface area contributed by atoms with E-state index in [2.05, 4.69) is 11.8 Å². The van der Waals surface area contributed by atoms with E-state index in [9.17, 15) is 0 Å². The first-order chi connectivity index (χ1) is 9.26. The first-order valence-corrected chi connectivity index (χ1v) is 8.76. The molecule has 0 amide bonds. The van der Waals surface area contributed by atoms with Crippen molar-refractivity contribution in [1.82, 2.24) is 4.90 Å². The summed E-state index contributed by atoms with van der Waals surface area (Å²) in [6.45, 7) is 5.04. The number of nitrogens with two attached hydrogens (primary N) is 1. The van der Waals surface area contributed by atoms with Gasteiger partial charge in [0.2, 0.25) is 0 Å². The third-order valence-corrected chi connectivity index (χ3v) is 5.52. The Labute approximate surface area is 119 Å². The van der Waals surface area contributed by atoms with Gasteiger partial charge >= 0.3 is 0 Å². The molecule has 19 heavy (non-hydrogen) atoms. The Kier molecular flexibility index (Phi) is 4.48. The van der Waals surface area contributed by atoms with Gasteiger partial charge in [-0.15, -0.1) is 0 Å². The van der Waals surface area contributed by atoms with Crippen molar-refractivity contribution in [2.75, 3.05) is 13.1 Å². The van der Waals surface area contributed by atoms with Crippen molar-refractivity contribution in [1.29, 1.82) is 0 Å². The van der Waals surface area contributed by atoms with Crippen LogP contribution in [0.15, 0.2) is 0 Å². The molecule has 0 radical (unpaired) electrons. The zero-order valence-electron chi connectivity index (χ0n) is 12.7. The Morgan fingerprint density at radius 1 is 0.895 bits per heavy atom. The maximum atomic E-state index is 6.49. The highest BCUT2D eigenvalue weighted by molar-refractivity contribution is 4.93. The van der Waals surface area contributed by atoms with E-state index >= 15 is 0 Å². The van der Waals surface area contributed by atoms with Gasteiger partial charge in [-0.25, -0.2) is 0 Å². The van der Waals surface area contributed by atoms with Crippen molar-refractivity contribution in [3.8, 4) is 0 Å². The second kappa shape index (κ2) is 6.13. The Balaban J connectivity index is 1.59. The van der Waals surface area contributed by atoms with Crippen LogP contribution in [-0.2, 0) is 0 Å². The molecule has 0 heterocycles. The summed E-state index contributed by atoms with van der Waals surface area (Å²) < 4.78 is 0. The van der Waals surface area contributed by atoms with Gasteiger partial charge in [-0.2, -0.15) is 0 Å². The molecule has 0 bridgehead atoms. The highest BCUT2D eigenvalue weighted by Crippen LogP contribution is 2.38. The minimum atomic E-state index is 0.450. The summed E-state index contributed by atoms with van der Waals surface area (Å²) in [4.78, 5) is 2.82. The highest BCUT2D eigenvalue weighted by atomic mass is 15.2. The topological polar surface area (TPSA) is 29.3 Å². The van der Waals surface area contributed by atoms with Gasteiger partial charge in [0.15, 0.2) is 0 Å². The first-order valence-electron chi connectivity index (χ1n) is 8.76. The van der Waals surface area contributed by atoms with E-state index in [4.69, 9.17) is 5.73 Å². The third-order valence-electron chi connectivity index (χ3n) is 5.52. The van der Waals surface area contributed by atoms with Crippen LogP contribution in [0.1, 0.15) is 64.7 Å². The predicted molar refractivity (Wildman–Crippen MR) is 81.0 cm³/mol. The summed E-state index contributed by atoms with van der Waals surface area (Å²) in [5.74, 6) is 2.98. The molecule has 0 aromatic carbocycles. The second-order valence-electron chi connectivity index (χ2n) is 7.54. The average molecular weight is 264 g/mol. The molecule has 3 rings (SSSR count). The van der Waals surface area contributed by atoms with Crippen LogP contribution in [0.3, 0.4) is 0 Å². The highest BCUT2D eigenvalue weighted by Gasteiger charge is 2.37. The number of rotatable bonds is 7. The number of nitrogens with zero attached hydrogens (tertiary/aromatic N) is 1. The van der Waals surface area contributed by atoms with E-state index in [1.807, 2.05) is 0 Å². The van der Waals surface area contributed by atoms with Crippen LogP contribution in [0.25, 0.3) is 0 Å². The molecular formula is C17H32N2. The summed E-state index contributed by atoms with van der Waals surface area (Å²) in [5.41, 5.74) is 6.49. The largest absolute Gasteiger partial charge is 0.326 e. The molecule has 0 saturated heterocycles. The van der Waals surface area contributed by atoms with Crippen LogP contribution in [0.4, 0.5) is 0 Å². The molecule has 3 unspecified atom stereocenters. The second-order valence-corrected chi connectivity index (χ2v) is 7.54. The summed E-state index contributed by atoms with van der Waals surface area (Å²) in [6.07, 6.45) is 12.7. The van der Waals surface area contributed by atoms with E-state index < -0.39 is 0 Å². The van der Waals surface area contributed by atoms with Crippen LogP contribution in [0, 0.1) is 17.8 Å². The van der Waals surface area contributed by atoms with Crippen molar-refractivity contribution in [2.45, 2.75) is 76.8 Å². The van der Waals surface area contributed by atoms with E-state index in [1.54, 1.807) is 0 Å². The Hall–Kier alpha value is -0.0800. The van der Waals surface area contributed by atoms with Crippen LogP contribution >= 0.6 is 0 Å². The van der Waals surface area contributed by atoms with Gasteiger partial charge in [-0.05, 0) is 62.7 Å². The number of hydrogen-bond donors (Lipinski definition) is 1. The van der Waals surface area contributed by atoms with E-state index in [0.29, 0.717) is 12.1 Å². The lowest BCUT2D eigenvalue weighted by Crippen LogP contribution is -2.52. The summed E-state index contributed by atoms with van der Waals surface area (Å²) in [5, 5.41) is 0. The minimum Gasteiger partial charge on any atom is -0.326 e. The smallest absolute Gasteiger partial charge is 0.0250 e. The van der Waals surface area contributed by atoms with Gasteiger partial charge in [0.25, 0.3) is 0 Å².